The van der Waals surface area contributed by atoms with Crippen LogP contribution in [0.15, 0.2) is 30.3 Å². The van der Waals surface area contributed by atoms with Crippen molar-refractivity contribution in [3.63, 3.8) is 0 Å². The number of fused-ring (bicyclic) bond motifs is 1. The number of hydrogen-bond donors (Lipinski definition) is 1. The molecule has 0 aliphatic carbocycles. The normalized spacial score (nSPS) is 12.6. The molecule has 2 rings (SSSR count). The number of nitrogens with two attached hydrogens (primary N) is 1. The number of para-hydroxylation sites is 1. The fraction of sp³-hybridized carbons (Fsp3) is 0.438. The Morgan fingerprint density at radius 3 is 2.80 bits per heavy atom. The van der Waals surface area contributed by atoms with E-state index in [1.54, 1.807) is 0 Å². The van der Waals surface area contributed by atoms with Crippen molar-refractivity contribution in [3.8, 4) is 0 Å². The highest BCUT2D eigenvalue weighted by molar-refractivity contribution is 7.98. The zero-order valence-electron chi connectivity index (χ0n) is 12.5. The van der Waals surface area contributed by atoms with Crippen LogP contribution in [0.2, 0.25) is 0 Å². The summed E-state index contributed by atoms with van der Waals surface area (Å²) in [4.78, 5) is 7.07. The van der Waals surface area contributed by atoms with Crippen molar-refractivity contribution in [2.24, 2.45) is 5.73 Å². The molecule has 2 N–H and O–H groups in total. The number of nitrogens with zero attached hydrogens (tertiary/aromatic N) is 2. The summed E-state index contributed by atoms with van der Waals surface area (Å²) in [7, 11) is 2.11. The topological polar surface area (TPSA) is 42.2 Å². The number of anilines is 1. The lowest BCUT2D eigenvalue weighted by molar-refractivity contribution is 0.660. The molecule has 0 fully saturated rings. The second kappa shape index (κ2) is 6.95. The Balaban J connectivity index is 2.36. The standard InChI is InChI=1S/C16H23N3S/c1-12(8-9-20-3)19(2)16-14(11-17)10-13-6-4-5-7-15(13)18-16/h4-7,10,12H,8-9,11,17H2,1-3H3. The molecular formula is C16H23N3S. The molecule has 1 aromatic carbocycles. The number of thioether (sulfide) groups is 1. The molecule has 108 valence electrons. The molecule has 0 bridgehead atoms. The number of pyridine rings is 1. The SMILES string of the molecule is CSCCC(C)N(C)c1nc2ccccc2cc1CN. The van der Waals surface area contributed by atoms with Crippen molar-refractivity contribution in [2.45, 2.75) is 25.9 Å². The molecule has 2 aromatic rings. The Morgan fingerprint density at radius 2 is 2.10 bits per heavy atom. The van der Waals surface area contributed by atoms with Gasteiger partial charge in [-0.25, -0.2) is 4.98 Å². The van der Waals surface area contributed by atoms with E-state index < -0.39 is 0 Å². The van der Waals surface area contributed by atoms with Gasteiger partial charge in [-0.2, -0.15) is 11.8 Å². The molecule has 1 aromatic heterocycles. The fourth-order valence-corrected chi connectivity index (χ4v) is 2.87. The maximum absolute atomic E-state index is 5.91. The molecule has 1 atom stereocenters. The molecule has 0 saturated heterocycles. The lowest BCUT2D eigenvalue weighted by Gasteiger charge is -2.28. The predicted molar refractivity (Wildman–Crippen MR) is 90.5 cm³/mol. The number of hydrogen-bond acceptors (Lipinski definition) is 4. The summed E-state index contributed by atoms with van der Waals surface area (Å²) >= 11 is 1.88. The van der Waals surface area contributed by atoms with Gasteiger partial charge in [-0.05, 0) is 37.5 Å². The number of aromatic nitrogens is 1. The quantitative estimate of drug-likeness (QED) is 0.886. The van der Waals surface area contributed by atoms with Crippen LogP contribution in [0.25, 0.3) is 10.9 Å². The molecule has 0 amide bonds. The lowest BCUT2D eigenvalue weighted by Crippen LogP contribution is -2.31. The predicted octanol–water partition coefficient (Wildman–Crippen LogP) is 3.27. The van der Waals surface area contributed by atoms with Crippen molar-refractivity contribution in [1.29, 1.82) is 0 Å². The molecular weight excluding hydrogens is 266 g/mol. The fourth-order valence-electron chi connectivity index (χ4n) is 2.30. The van der Waals surface area contributed by atoms with E-state index in [1.165, 1.54) is 0 Å². The van der Waals surface area contributed by atoms with Gasteiger partial charge in [0.05, 0.1) is 5.52 Å². The molecule has 0 spiro atoms. The van der Waals surface area contributed by atoms with Crippen LogP contribution >= 0.6 is 11.8 Å². The van der Waals surface area contributed by atoms with Gasteiger partial charge in [-0.3, -0.25) is 0 Å². The van der Waals surface area contributed by atoms with Crippen LogP contribution in [0.3, 0.4) is 0 Å². The van der Waals surface area contributed by atoms with Crippen LogP contribution < -0.4 is 10.6 Å². The average Bonchev–Trinajstić information content (AvgIpc) is 2.50. The molecule has 3 nitrogen and oxygen atoms in total. The van der Waals surface area contributed by atoms with E-state index in [4.69, 9.17) is 10.7 Å². The van der Waals surface area contributed by atoms with Crippen LogP contribution in [0, 0.1) is 0 Å². The van der Waals surface area contributed by atoms with Crippen LogP contribution in [0.4, 0.5) is 5.82 Å². The molecule has 1 heterocycles. The van der Waals surface area contributed by atoms with Gasteiger partial charge in [-0.15, -0.1) is 0 Å². The minimum Gasteiger partial charge on any atom is -0.357 e. The third kappa shape index (κ3) is 3.25. The summed E-state index contributed by atoms with van der Waals surface area (Å²) in [6, 6.07) is 10.8. The van der Waals surface area contributed by atoms with Crippen LogP contribution in [0.5, 0.6) is 0 Å². The van der Waals surface area contributed by atoms with E-state index in [1.807, 2.05) is 23.9 Å². The Bertz CT molecular complexity index is 571. The van der Waals surface area contributed by atoms with Gasteiger partial charge in [0.25, 0.3) is 0 Å². The highest BCUT2D eigenvalue weighted by atomic mass is 32.2. The Hall–Kier alpha value is -1.26. The van der Waals surface area contributed by atoms with E-state index in [-0.39, 0.29) is 0 Å². The van der Waals surface area contributed by atoms with Crippen molar-refractivity contribution in [2.75, 3.05) is 24.0 Å². The second-order valence-corrected chi connectivity index (χ2v) is 6.09. The van der Waals surface area contributed by atoms with Crippen molar-refractivity contribution in [3.05, 3.63) is 35.9 Å². The molecule has 20 heavy (non-hydrogen) atoms. The monoisotopic (exact) mass is 289 g/mol. The zero-order valence-corrected chi connectivity index (χ0v) is 13.3. The number of benzene rings is 1. The third-order valence-electron chi connectivity index (χ3n) is 3.73. The summed E-state index contributed by atoms with van der Waals surface area (Å²) in [6.07, 6.45) is 3.29. The average molecular weight is 289 g/mol. The summed E-state index contributed by atoms with van der Waals surface area (Å²) in [6.45, 7) is 2.76. The maximum atomic E-state index is 5.91. The summed E-state index contributed by atoms with van der Waals surface area (Å²) in [5, 5.41) is 1.15. The van der Waals surface area contributed by atoms with E-state index >= 15 is 0 Å². The van der Waals surface area contributed by atoms with Gasteiger partial charge in [0.2, 0.25) is 0 Å². The first-order valence-electron chi connectivity index (χ1n) is 6.98. The minimum atomic E-state index is 0.460. The summed E-state index contributed by atoms with van der Waals surface area (Å²) in [5.74, 6) is 2.18. The first kappa shape index (κ1) is 15.1. The molecule has 4 heteroatoms. The van der Waals surface area contributed by atoms with Crippen LogP contribution in [-0.4, -0.2) is 30.1 Å². The lowest BCUT2D eigenvalue weighted by atomic mass is 10.1. The van der Waals surface area contributed by atoms with E-state index in [2.05, 4.69) is 43.3 Å². The van der Waals surface area contributed by atoms with Crippen LogP contribution in [-0.2, 0) is 6.54 Å². The molecule has 0 aliphatic rings. The molecule has 0 saturated carbocycles. The van der Waals surface area contributed by atoms with Gasteiger partial charge in [0.1, 0.15) is 5.82 Å². The van der Waals surface area contributed by atoms with Gasteiger partial charge in [-0.1, -0.05) is 18.2 Å². The minimum absolute atomic E-state index is 0.460. The van der Waals surface area contributed by atoms with Gasteiger partial charge in [0.15, 0.2) is 0 Å². The highest BCUT2D eigenvalue weighted by Gasteiger charge is 2.15. The van der Waals surface area contributed by atoms with E-state index in [0.29, 0.717) is 12.6 Å². The molecule has 0 radical (unpaired) electrons. The van der Waals surface area contributed by atoms with Gasteiger partial charge in [0, 0.05) is 30.6 Å². The second-order valence-electron chi connectivity index (χ2n) is 5.11. The van der Waals surface area contributed by atoms with Crippen molar-refractivity contribution in [1.82, 2.24) is 4.98 Å². The first-order chi connectivity index (χ1) is 9.67. The zero-order chi connectivity index (χ0) is 14.5. The largest absolute Gasteiger partial charge is 0.357 e. The Labute approximate surface area is 125 Å². The molecule has 0 aliphatic heterocycles. The summed E-state index contributed by atoms with van der Waals surface area (Å²) < 4.78 is 0. The van der Waals surface area contributed by atoms with Crippen molar-refractivity contribution < 1.29 is 0 Å². The third-order valence-corrected chi connectivity index (χ3v) is 4.38. The first-order valence-corrected chi connectivity index (χ1v) is 8.37. The van der Waals surface area contributed by atoms with E-state index in [0.717, 1.165) is 34.5 Å². The smallest absolute Gasteiger partial charge is 0.133 e. The van der Waals surface area contributed by atoms with Gasteiger partial charge >= 0.3 is 0 Å². The highest BCUT2D eigenvalue weighted by Crippen LogP contribution is 2.24. The number of rotatable bonds is 6. The molecule has 1 unspecified atom stereocenters. The van der Waals surface area contributed by atoms with E-state index in [9.17, 15) is 0 Å². The maximum Gasteiger partial charge on any atom is 0.133 e. The van der Waals surface area contributed by atoms with Gasteiger partial charge < -0.3 is 10.6 Å². The van der Waals surface area contributed by atoms with Crippen LogP contribution in [0.1, 0.15) is 18.9 Å². The van der Waals surface area contributed by atoms with Crippen molar-refractivity contribution >= 4 is 28.5 Å². The summed E-state index contributed by atoms with van der Waals surface area (Å²) in [5.41, 5.74) is 8.05. The Kier molecular flexibility index (Phi) is 5.26. The Morgan fingerprint density at radius 1 is 1.35 bits per heavy atom.